The molecule has 4 N–H and O–H groups in total. The smallest absolute Gasteiger partial charge is 0.291 e. The largest absolute Gasteiger partial charge is 0.334 e. The third kappa shape index (κ3) is 2.79. The van der Waals surface area contributed by atoms with E-state index in [0.717, 1.165) is 16.5 Å². The average molecular weight is 261 g/mol. The molecule has 0 radical (unpaired) electrons. The summed E-state index contributed by atoms with van der Waals surface area (Å²) in [5, 5.41) is 27.5. The van der Waals surface area contributed by atoms with Gasteiger partial charge in [-0.25, -0.2) is 5.26 Å². The zero-order valence-electron chi connectivity index (χ0n) is 9.31. The minimum Gasteiger partial charge on any atom is -0.334 e. The van der Waals surface area contributed by atoms with Crippen molar-refractivity contribution in [3.05, 3.63) is 42.5 Å². The Bertz CT molecular complexity index is 595. The van der Waals surface area contributed by atoms with Gasteiger partial charge in [-0.3, -0.25) is 10.8 Å². The van der Waals surface area contributed by atoms with Crippen LogP contribution in [-0.4, -0.2) is 15.7 Å². The van der Waals surface area contributed by atoms with Crippen molar-refractivity contribution in [2.75, 3.05) is 5.32 Å². The molecule has 18 heavy (non-hydrogen) atoms. The fraction of sp³-hybridized carbons (Fsp3) is 0. The van der Waals surface area contributed by atoms with Crippen molar-refractivity contribution in [1.82, 2.24) is 0 Å². The third-order valence-electron chi connectivity index (χ3n) is 2.32. The molecule has 0 amide bonds. The molecule has 2 aromatic carbocycles. The topological polar surface area (TPSA) is 89.2 Å². The molecule has 92 valence electrons. The molecule has 2 aromatic rings. The minimum absolute atomic E-state index is 0.00500. The second-order valence-corrected chi connectivity index (χ2v) is 4.44. The quantitative estimate of drug-likeness (QED) is 0.274. The summed E-state index contributed by atoms with van der Waals surface area (Å²) in [4.78, 5) is 3.71. The Morgan fingerprint density at radius 2 is 1.83 bits per heavy atom. The summed E-state index contributed by atoms with van der Waals surface area (Å²) in [7, 11) is 0. The molecule has 6 heteroatoms. The molecule has 0 aromatic heterocycles. The van der Waals surface area contributed by atoms with Crippen LogP contribution in [0, 0.1) is 10.8 Å². The fourth-order valence-electron chi connectivity index (χ4n) is 1.59. The van der Waals surface area contributed by atoms with Crippen molar-refractivity contribution in [3.8, 4) is 0 Å². The Kier molecular flexibility index (Phi) is 3.81. The molecule has 0 aliphatic carbocycles. The maximum Gasteiger partial charge on any atom is 0.291 e. The van der Waals surface area contributed by atoms with E-state index < -0.39 is 5.23 Å². The Morgan fingerprint density at radius 1 is 1.11 bits per heavy atom. The molecule has 0 saturated carbocycles. The van der Waals surface area contributed by atoms with E-state index in [0.29, 0.717) is 11.8 Å². The van der Waals surface area contributed by atoms with Crippen LogP contribution in [-0.2, 0) is 4.89 Å². The lowest BCUT2D eigenvalue weighted by atomic mass is 10.1. The zero-order valence-corrected chi connectivity index (χ0v) is 10.1. The van der Waals surface area contributed by atoms with Crippen molar-refractivity contribution >= 4 is 38.6 Å². The van der Waals surface area contributed by atoms with Crippen LogP contribution in [0.1, 0.15) is 0 Å². The van der Waals surface area contributed by atoms with Crippen molar-refractivity contribution in [3.63, 3.8) is 0 Å². The summed E-state index contributed by atoms with van der Waals surface area (Å²) in [6.45, 7) is 0. The van der Waals surface area contributed by atoms with E-state index in [2.05, 4.69) is 10.2 Å². The lowest BCUT2D eigenvalue weighted by molar-refractivity contribution is -0.151. The number of thioether (sulfide) groups is 1. The van der Waals surface area contributed by atoms with Gasteiger partial charge in [-0.1, -0.05) is 36.4 Å². The van der Waals surface area contributed by atoms with Crippen LogP contribution in [0.5, 0.6) is 0 Å². The molecule has 0 unspecified atom stereocenters. The van der Waals surface area contributed by atoms with Crippen LogP contribution in [0.25, 0.3) is 10.8 Å². The lowest BCUT2D eigenvalue weighted by Crippen LogP contribution is -2.10. The van der Waals surface area contributed by atoms with Crippen LogP contribution in [0.4, 0.5) is 5.69 Å². The standard InChI is InChI=1S/C12H11N3O2S/c13-11(18-12(14)17-16)15-10-7-3-5-8-4-1-2-6-9(8)10/h1-7,14,16H,(H2,13,15). The summed E-state index contributed by atoms with van der Waals surface area (Å²) in [5.41, 5.74) is 0.774. The Labute approximate surface area is 108 Å². The maximum atomic E-state index is 8.25. The molecule has 0 heterocycles. The van der Waals surface area contributed by atoms with Gasteiger partial charge >= 0.3 is 0 Å². The molecule has 0 atom stereocenters. The number of rotatable bonds is 1. The highest BCUT2D eigenvalue weighted by Crippen LogP contribution is 2.23. The van der Waals surface area contributed by atoms with Gasteiger partial charge in [-0.2, -0.15) is 0 Å². The lowest BCUT2D eigenvalue weighted by Gasteiger charge is -2.09. The Morgan fingerprint density at radius 3 is 2.61 bits per heavy atom. The third-order valence-corrected chi connectivity index (χ3v) is 2.88. The van der Waals surface area contributed by atoms with Gasteiger partial charge in [0.15, 0.2) is 5.17 Å². The molecule has 0 fully saturated rings. The summed E-state index contributed by atoms with van der Waals surface area (Å²) >= 11 is 0.686. The zero-order chi connectivity index (χ0) is 13.0. The van der Waals surface area contributed by atoms with Gasteiger partial charge in [0.2, 0.25) is 0 Å². The summed E-state index contributed by atoms with van der Waals surface area (Å²) in [6, 6.07) is 13.5. The highest BCUT2D eigenvalue weighted by Gasteiger charge is 2.07. The Balaban J connectivity index is 2.21. The number of amidine groups is 1. The number of hydrogen-bond acceptors (Lipinski definition) is 5. The molecular weight excluding hydrogens is 250 g/mol. The van der Waals surface area contributed by atoms with E-state index in [1.165, 1.54) is 0 Å². The van der Waals surface area contributed by atoms with Gasteiger partial charge in [-0.05, 0) is 11.5 Å². The van der Waals surface area contributed by atoms with E-state index in [1.807, 2.05) is 42.5 Å². The number of hydrogen-bond donors (Lipinski definition) is 4. The van der Waals surface area contributed by atoms with E-state index in [-0.39, 0.29) is 5.17 Å². The van der Waals surface area contributed by atoms with E-state index in [4.69, 9.17) is 16.1 Å². The van der Waals surface area contributed by atoms with Gasteiger partial charge < -0.3 is 10.2 Å². The molecule has 2 rings (SSSR count). The van der Waals surface area contributed by atoms with E-state index in [1.54, 1.807) is 0 Å². The fourth-order valence-corrected chi connectivity index (χ4v) is 1.98. The van der Waals surface area contributed by atoms with Gasteiger partial charge in [-0.15, -0.1) is 0 Å². The van der Waals surface area contributed by atoms with E-state index >= 15 is 0 Å². The average Bonchev–Trinajstić information content (AvgIpc) is 2.39. The normalized spacial score (nSPS) is 10.1. The van der Waals surface area contributed by atoms with Crippen LogP contribution in [0.3, 0.4) is 0 Å². The number of fused-ring (bicyclic) bond motifs is 1. The molecule has 0 bridgehead atoms. The highest BCUT2D eigenvalue weighted by molar-refractivity contribution is 8.26. The summed E-state index contributed by atoms with van der Waals surface area (Å²) in [5.74, 6) is 0. The van der Waals surface area contributed by atoms with Crippen molar-refractivity contribution in [1.29, 1.82) is 10.8 Å². The SMILES string of the molecule is N=C(Nc1cccc2ccccc12)SC(=N)OO. The van der Waals surface area contributed by atoms with Crippen LogP contribution < -0.4 is 5.32 Å². The monoisotopic (exact) mass is 261 g/mol. The number of benzene rings is 2. The Hall–Kier alpha value is -2.05. The van der Waals surface area contributed by atoms with Crippen LogP contribution >= 0.6 is 11.8 Å². The first-order valence-corrected chi connectivity index (χ1v) is 5.93. The van der Waals surface area contributed by atoms with E-state index in [9.17, 15) is 0 Å². The maximum absolute atomic E-state index is 8.25. The first-order valence-electron chi connectivity index (χ1n) is 5.12. The molecule has 5 nitrogen and oxygen atoms in total. The molecule has 0 saturated heterocycles. The van der Waals surface area contributed by atoms with Gasteiger partial charge in [0.25, 0.3) is 5.23 Å². The first-order chi connectivity index (χ1) is 8.70. The summed E-state index contributed by atoms with van der Waals surface area (Å²) in [6.07, 6.45) is 0. The van der Waals surface area contributed by atoms with Crippen LogP contribution in [0.15, 0.2) is 42.5 Å². The first kappa shape index (κ1) is 12.4. The predicted octanol–water partition coefficient (Wildman–Crippen LogP) is 3.34. The molecule has 0 aliphatic rings. The molecular formula is C12H11N3O2S. The molecule has 0 aliphatic heterocycles. The van der Waals surface area contributed by atoms with Crippen LogP contribution in [0.2, 0.25) is 0 Å². The summed E-state index contributed by atoms with van der Waals surface area (Å²) < 4.78 is 0. The molecule has 0 spiro atoms. The number of nitrogens with one attached hydrogen (secondary N) is 3. The highest BCUT2D eigenvalue weighted by atomic mass is 32.2. The number of anilines is 1. The minimum atomic E-state index is -0.451. The second-order valence-electron chi connectivity index (χ2n) is 3.46. The van der Waals surface area contributed by atoms with Crippen molar-refractivity contribution < 1.29 is 10.1 Å². The van der Waals surface area contributed by atoms with Gasteiger partial charge in [0.1, 0.15) is 0 Å². The van der Waals surface area contributed by atoms with Gasteiger partial charge in [0.05, 0.1) is 0 Å². The second kappa shape index (κ2) is 5.52. The van der Waals surface area contributed by atoms with Crippen molar-refractivity contribution in [2.24, 2.45) is 0 Å². The predicted molar refractivity (Wildman–Crippen MR) is 74.3 cm³/mol. The van der Waals surface area contributed by atoms with Gasteiger partial charge in [0, 0.05) is 22.8 Å². The van der Waals surface area contributed by atoms with Crippen molar-refractivity contribution in [2.45, 2.75) is 0 Å².